The Balaban J connectivity index is 1.64. The monoisotopic (exact) mass is 405 g/mol. The fourth-order valence-corrected chi connectivity index (χ4v) is 4.09. The third kappa shape index (κ3) is 4.24. The molecule has 1 aliphatic rings. The molecule has 2 aromatic rings. The highest BCUT2D eigenvalue weighted by molar-refractivity contribution is 7.09. The van der Waals surface area contributed by atoms with E-state index in [-0.39, 0.29) is 17.7 Å². The molecule has 0 saturated carbocycles. The zero-order chi connectivity index (χ0) is 20.1. The maximum Gasteiger partial charge on any atom is 0.357 e. The Morgan fingerprint density at radius 2 is 1.93 bits per heavy atom. The van der Waals surface area contributed by atoms with Crippen LogP contribution in [0.4, 0.5) is 0 Å². The van der Waals surface area contributed by atoms with E-state index in [2.05, 4.69) is 9.97 Å². The molecule has 1 amide bonds. The summed E-state index contributed by atoms with van der Waals surface area (Å²) in [6, 6.07) is 3.32. The molecular weight excluding hydrogens is 382 g/mol. The van der Waals surface area contributed by atoms with E-state index in [9.17, 15) is 9.59 Å². The van der Waals surface area contributed by atoms with Gasteiger partial charge < -0.3 is 19.1 Å². The zero-order valence-electron chi connectivity index (χ0n) is 16.1. The molecule has 0 aliphatic carbocycles. The Bertz CT molecular complexity index is 846. The van der Waals surface area contributed by atoms with Gasteiger partial charge in [-0.3, -0.25) is 4.79 Å². The summed E-state index contributed by atoms with van der Waals surface area (Å²) in [7, 11) is 2.99. The number of methoxy groups -OCH3 is 2. The molecule has 3 rings (SSSR count). The van der Waals surface area contributed by atoms with Crippen LogP contribution < -0.4 is 9.47 Å². The molecule has 0 spiro atoms. The summed E-state index contributed by atoms with van der Waals surface area (Å²) in [5.41, 5.74) is 0.773. The second-order valence-corrected chi connectivity index (χ2v) is 7.16. The van der Waals surface area contributed by atoms with Gasteiger partial charge in [0.1, 0.15) is 5.56 Å². The first-order valence-electron chi connectivity index (χ1n) is 9.08. The summed E-state index contributed by atoms with van der Waals surface area (Å²) in [5, 5.41) is 2.65. The van der Waals surface area contributed by atoms with Crippen molar-refractivity contribution in [1.29, 1.82) is 0 Å². The van der Waals surface area contributed by atoms with Crippen LogP contribution in [0.3, 0.4) is 0 Å². The Hall–Kier alpha value is -2.68. The summed E-state index contributed by atoms with van der Waals surface area (Å²) < 4.78 is 15.3. The number of hydrogen-bond acceptors (Lipinski definition) is 8. The zero-order valence-corrected chi connectivity index (χ0v) is 17.0. The number of thiazole rings is 1. The number of pyridine rings is 1. The average Bonchev–Trinajstić information content (AvgIpc) is 3.23. The Labute approximate surface area is 167 Å². The maximum atomic E-state index is 12.9. The van der Waals surface area contributed by atoms with E-state index < -0.39 is 5.97 Å². The van der Waals surface area contributed by atoms with Gasteiger partial charge in [-0.05, 0) is 25.8 Å². The van der Waals surface area contributed by atoms with E-state index in [1.165, 1.54) is 25.6 Å². The van der Waals surface area contributed by atoms with Crippen molar-refractivity contribution in [3.8, 4) is 11.8 Å². The smallest absolute Gasteiger partial charge is 0.357 e. The van der Waals surface area contributed by atoms with Gasteiger partial charge in [-0.25, -0.2) is 9.78 Å². The summed E-state index contributed by atoms with van der Waals surface area (Å²) >= 11 is 1.47. The van der Waals surface area contributed by atoms with Crippen LogP contribution in [0.15, 0.2) is 17.5 Å². The lowest BCUT2D eigenvalue weighted by Gasteiger charge is -2.31. The van der Waals surface area contributed by atoms with E-state index >= 15 is 0 Å². The maximum absolute atomic E-state index is 12.9. The second-order valence-electron chi connectivity index (χ2n) is 6.27. The van der Waals surface area contributed by atoms with Crippen molar-refractivity contribution >= 4 is 23.2 Å². The van der Waals surface area contributed by atoms with Crippen LogP contribution in [-0.4, -0.2) is 60.7 Å². The quantitative estimate of drug-likeness (QED) is 0.683. The molecule has 28 heavy (non-hydrogen) atoms. The second kappa shape index (κ2) is 9.01. The van der Waals surface area contributed by atoms with E-state index in [1.54, 1.807) is 29.3 Å². The SMILES string of the molecule is CCOC(=O)c1csc(C2CCN(C(=O)c3ccc(OC)nc3OC)CC2)n1. The molecule has 0 aromatic carbocycles. The predicted octanol–water partition coefficient (Wildman–Crippen LogP) is 2.75. The van der Waals surface area contributed by atoms with Crippen molar-refractivity contribution < 1.29 is 23.8 Å². The van der Waals surface area contributed by atoms with Gasteiger partial charge in [-0.2, -0.15) is 4.98 Å². The lowest BCUT2D eigenvalue weighted by atomic mass is 9.97. The number of ether oxygens (including phenoxy) is 3. The molecule has 2 aromatic heterocycles. The molecule has 1 aliphatic heterocycles. The number of rotatable bonds is 6. The average molecular weight is 405 g/mol. The van der Waals surface area contributed by atoms with Crippen LogP contribution in [0.1, 0.15) is 51.5 Å². The molecule has 0 atom stereocenters. The molecule has 0 N–H and O–H groups in total. The van der Waals surface area contributed by atoms with Crippen LogP contribution in [0.2, 0.25) is 0 Å². The molecule has 1 saturated heterocycles. The molecule has 3 heterocycles. The summed E-state index contributed by atoms with van der Waals surface area (Å²) in [5.74, 6) is 0.375. The van der Waals surface area contributed by atoms with Gasteiger partial charge in [0, 0.05) is 30.5 Å². The largest absolute Gasteiger partial charge is 0.481 e. The predicted molar refractivity (Wildman–Crippen MR) is 103 cm³/mol. The lowest BCUT2D eigenvalue weighted by Crippen LogP contribution is -2.38. The summed E-state index contributed by atoms with van der Waals surface area (Å²) in [4.78, 5) is 35.1. The van der Waals surface area contributed by atoms with Gasteiger partial charge in [-0.1, -0.05) is 0 Å². The highest BCUT2D eigenvalue weighted by Gasteiger charge is 2.28. The van der Waals surface area contributed by atoms with Gasteiger partial charge in [-0.15, -0.1) is 11.3 Å². The number of likely N-dealkylation sites (tertiary alicyclic amines) is 1. The molecule has 1 fully saturated rings. The number of hydrogen-bond donors (Lipinski definition) is 0. The lowest BCUT2D eigenvalue weighted by molar-refractivity contribution is 0.0520. The first-order chi connectivity index (χ1) is 13.6. The third-order valence-corrected chi connectivity index (χ3v) is 5.61. The highest BCUT2D eigenvalue weighted by atomic mass is 32.1. The topological polar surface area (TPSA) is 90.9 Å². The third-order valence-electron chi connectivity index (χ3n) is 4.61. The molecule has 9 heteroatoms. The first kappa shape index (κ1) is 20.1. The standard InChI is InChI=1S/C19H23N3O5S/c1-4-27-19(24)14-11-28-17(20-14)12-7-9-22(10-8-12)18(23)13-5-6-15(25-2)21-16(13)26-3/h5-6,11-12H,4,7-10H2,1-3H3. The number of amides is 1. The first-order valence-corrected chi connectivity index (χ1v) is 9.96. The number of piperidine rings is 1. The summed E-state index contributed by atoms with van der Waals surface area (Å²) in [6.07, 6.45) is 1.57. The number of esters is 1. The van der Waals surface area contributed by atoms with Gasteiger partial charge in [0.25, 0.3) is 5.91 Å². The van der Waals surface area contributed by atoms with E-state index in [4.69, 9.17) is 14.2 Å². The number of carbonyl (C=O) groups excluding carboxylic acids is 2. The van der Waals surface area contributed by atoms with Gasteiger partial charge in [0.05, 0.1) is 25.8 Å². The Morgan fingerprint density at radius 1 is 1.18 bits per heavy atom. The van der Waals surface area contributed by atoms with Crippen molar-refractivity contribution in [2.45, 2.75) is 25.7 Å². The van der Waals surface area contributed by atoms with E-state index in [0.717, 1.165) is 17.8 Å². The van der Waals surface area contributed by atoms with Crippen LogP contribution in [-0.2, 0) is 4.74 Å². The molecule has 150 valence electrons. The fourth-order valence-electron chi connectivity index (χ4n) is 3.13. The minimum Gasteiger partial charge on any atom is -0.481 e. The molecule has 0 unspecified atom stereocenters. The van der Waals surface area contributed by atoms with Crippen molar-refractivity contribution in [3.63, 3.8) is 0 Å². The van der Waals surface area contributed by atoms with Crippen LogP contribution in [0.5, 0.6) is 11.8 Å². The minimum atomic E-state index is -0.392. The van der Waals surface area contributed by atoms with Crippen molar-refractivity contribution in [2.75, 3.05) is 33.9 Å². The van der Waals surface area contributed by atoms with Crippen LogP contribution >= 0.6 is 11.3 Å². The number of nitrogens with zero attached hydrogens (tertiary/aromatic N) is 3. The van der Waals surface area contributed by atoms with Crippen molar-refractivity contribution in [1.82, 2.24) is 14.9 Å². The Kier molecular flexibility index (Phi) is 6.45. The summed E-state index contributed by atoms with van der Waals surface area (Å²) in [6.45, 7) is 3.31. The van der Waals surface area contributed by atoms with Gasteiger partial charge >= 0.3 is 5.97 Å². The number of carbonyl (C=O) groups is 2. The highest BCUT2D eigenvalue weighted by Crippen LogP contribution is 2.32. The minimum absolute atomic E-state index is 0.114. The van der Waals surface area contributed by atoms with Gasteiger partial charge in [0.15, 0.2) is 5.69 Å². The molecule has 0 radical (unpaired) electrons. The van der Waals surface area contributed by atoms with Crippen molar-refractivity contribution in [2.24, 2.45) is 0 Å². The van der Waals surface area contributed by atoms with Crippen molar-refractivity contribution in [3.05, 3.63) is 33.8 Å². The Morgan fingerprint density at radius 3 is 2.57 bits per heavy atom. The van der Waals surface area contributed by atoms with E-state index in [1.807, 2.05) is 0 Å². The van der Waals surface area contributed by atoms with Crippen LogP contribution in [0.25, 0.3) is 0 Å². The van der Waals surface area contributed by atoms with Gasteiger partial charge in [0.2, 0.25) is 11.8 Å². The van der Waals surface area contributed by atoms with E-state index in [0.29, 0.717) is 36.8 Å². The number of aromatic nitrogens is 2. The molecule has 8 nitrogen and oxygen atoms in total. The fraction of sp³-hybridized carbons (Fsp3) is 0.474. The molecular formula is C19H23N3O5S. The van der Waals surface area contributed by atoms with Crippen LogP contribution in [0, 0.1) is 0 Å². The normalized spacial score (nSPS) is 14.6. The molecule has 0 bridgehead atoms.